The second-order valence-electron chi connectivity index (χ2n) is 10.9. The predicted molar refractivity (Wildman–Crippen MR) is 148 cm³/mol. The highest BCUT2D eigenvalue weighted by atomic mass is 19.4. The number of alkyl halides is 3. The number of aryl methyl sites for hydroxylation is 2. The smallest absolute Gasteiger partial charge is 0.406 e. The molecule has 1 aliphatic heterocycles. The predicted octanol–water partition coefficient (Wildman–Crippen LogP) is 7.24. The molecule has 5 rings (SSSR count). The average Bonchev–Trinajstić information content (AvgIpc) is 3.27. The highest BCUT2D eigenvalue weighted by molar-refractivity contribution is 5.92. The number of aromatic amines is 1. The molecule has 0 amide bonds. The number of hydrogen-bond donors (Lipinski definition) is 1. The summed E-state index contributed by atoms with van der Waals surface area (Å²) in [7, 11) is 1.79. The van der Waals surface area contributed by atoms with Gasteiger partial charge < -0.3 is 14.3 Å². The summed E-state index contributed by atoms with van der Waals surface area (Å²) in [5.41, 5.74) is 7.49. The van der Waals surface area contributed by atoms with Gasteiger partial charge in [-0.1, -0.05) is 32.0 Å². The van der Waals surface area contributed by atoms with Crippen LogP contribution >= 0.6 is 0 Å². The minimum absolute atomic E-state index is 0.0158. The molecule has 0 saturated carbocycles. The zero-order chi connectivity index (χ0) is 27.9. The number of hydrogen-bond acceptors (Lipinski definition) is 3. The number of halogens is 3. The normalized spacial score (nSPS) is 15.4. The van der Waals surface area contributed by atoms with Crippen molar-refractivity contribution < 1.29 is 17.9 Å². The molecule has 1 saturated heterocycles. The molecule has 0 atom stereocenters. The Balaban J connectivity index is 1.31. The van der Waals surface area contributed by atoms with Crippen LogP contribution in [0.2, 0.25) is 0 Å². The molecule has 5 nitrogen and oxygen atoms in total. The molecule has 206 valence electrons. The molecule has 2 aromatic heterocycles. The van der Waals surface area contributed by atoms with E-state index in [1.54, 1.807) is 23.7 Å². The maximum atomic E-state index is 12.4. The summed E-state index contributed by atoms with van der Waals surface area (Å²) in [6.07, 6.45) is -0.728. The summed E-state index contributed by atoms with van der Waals surface area (Å²) in [6.45, 7) is 8.81. The number of H-pyrrole nitrogens is 1. The van der Waals surface area contributed by atoms with E-state index >= 15 is 0 Å². The van der Waals surface area contributed by atoms with Crippen molar-refractivity contribution in [1.29, 1.82) is 0 Å². The Morgan fingerprint density at radius 2 is 1.74 bits per heavy atom. The Hall–Kier alpha value is -3.52. The lowest BCUT2D eigenvalue weighted by atomic mass is 9.87. The molecule has 3 heterocycles. The van der Waals surface area contributed by atoms with E-state index < -0.39 is 6.36 Å². The van der Waals surface area contributed by atoms with Crippen LogP contribution in [0.4, 0.5) is 13.2 Å². The number of nitrogens with zero attached hydrogens (tertiary/aromatic N) is 2. The molecular weight excluding hydrogens is 503 g/mol. The maximum Gasteiger partial charge on any atom is 0.573 e. The van der Waals surface area contributed by atoms with Gasteiger partial charge in [-0.15, -0.1) is 13.2 Å². The van der Waals surface area contributed by atoms with Crippen LogP contribution in [0.5, 0.6) is 5.75 Å². The van der Waals surface area contributed by atoms with Crippen LogP contribution in [0.15, 0.2) is 59.5 Å². The number of fused-ring (bicyclic) bond motifs is 1. The standard InChI is InChI=1S/C31H34F3N3O2/c1-19(2)28-26-16-23(7-10-27(26)35-29(28)24-15-20(3)30(38)36(4)18-24)22-11-13-37(14-12-22)17-21-5-8-25(9-6-21)39-31(32,33)34/h5-10,15-16,18-19,22,35H,11-14,17H2,1-4H3. The Morgan fingerprint density at radius 3 is 2.36 bits per heavy atom. The first kappa shape index (κ1) is 27.1. The second-order valence-corrected chi connectivity index (χ2v) is 10.9. The van der Waals surface area contributed by atoms with Crippen molar-refractivity contribution >= 4 is 10.9 Å². The molecule has 1 N–H and O–H groups in total. The number of piperidine rings is 1. The van der Waals surface area contributed by atoms with Gasteiger partial charge in [-0.3, -0.25) is 9.69 Å². The fourth-order valence-electron chi connectivity index (χ4n) is 5.81. The molecule has 1 fully saturated rings. The van der Waals surface area contributed by atoms with Crippen LogP contribution in [0.1, 0.15) is 60.8 Å². The molecule has 0 radical (unpaired) electrons. The minimum atomic E-state index is -4.68. The number of nitrogens with one attached hydrogen (secondary N) is 1. The van der Waals surface area contributed by atoms with E-state index in [-0.39, 0.29) is 11.3 Å². The Labute approximate surface area is 226 Å². The van der Waals surface area contributed by atoms with Crippen molar-refractivity contribution in [3.05, 3.63) is 87.3 Å². The highest BCUT2D eigenvalue weighted by Gasteiger charge is 2.31. The number of likely N-dealkylation sites (tertiary alicyclic amines) is 1. The third kappa shape index (κ3) is 5.91. The van der Waals surface area contributed by atoms with E-state index in [0.29, 0.717) is 18.4 Å². The van der Waals surface area contributed by atoms with Gasteiger partial charge in [0, 0.05) is 41.8 Å². The molecule has 1 aliphatic rings. The van der Waals surface area contributed by atoms with Crippen molar-refractivity contribution in [3.8, 4) is 17.0 Å². The van der Waals surface area contributed by atoms with Crippen LogP contribution in [0, 0.1) is 6.92 Å². The lowest BCUT2D eigenvalue weighted by molar-refractivity contribution is -0.274. The first-order valence-electron chi connectivity index (χ1n) is 13.4. The van der Waals surface area contributed by atoms with Gasteiger partial charge in [-0.05, 0) is 91.7 Å². The molecular formula is C31H34F3N3O2. The lowest BCUT2D eigenvalue weighted by Gasteiger charge is -2.32. The Morgan fingerprint density at radius 1 is 1.05 bits per heavy atom. The average molecular weight is 538 g/mol. The van der Waals surface area contributed by atoms with Gasteiger partial charge >= 0.3 is 6.36 Å². The number of pyridine rings is 1. The van der Waals surface area contributed by atoms with E-state index in [1.807, 2.05) is 19.2 Å². The molecule has 2 aromatic carbocycles. The van der Waals surface area contributed by atoms with Gasteiger partial charge in [-0.25, -0.2) is 0 Å². The maximum absolute atomic E-state index is 12.4. The summed E-state index contributed by atoms with van der Waals surface area (Å²) in [6, 6.07) is 14.8. The quantitative estimate of drug-likeness (QED) is 0.282. The van der Waals surface area contributed by atoms with Crippen molar-refractivity contribution in [2.75, 3.05) is 13.1 Å². The highest BCUT2D eigenvalue weighted by Crippen LogP contribution is 2.38. The van der Waals surface area contributed by atoms with Gasteiger partial charge in [0.25, 0.3) is 5.56 Å². The van der Waals surface area contributed by atoms with Crippen LogP contribution in [0.25, 0.3) is 22.2 Å². The van der Waals surface area contributed by atoms with Gasteiger partial charge in [-0.2, -0.15) is 0 Å². The lowest BCUT2D eigenvalue weighted by Crippen LogP contribution is -2.32. The second kappa shape index (κ2) is 10.6. The number of ether oxygens (including phenoxy) is 1. The topological polar surface area (TPSA) is 50.3 Å². The fourth-order valence-corrected chi connectivity index (χ4v) is 5.81. The van der Waals surface area contributed by atoms with Crippen LogP contribution in [0.3, 0.4) is 0 Å². The molecule has 8 heteroatoms. The third-order valence-corrected chi connectivity index (χ3v) is 7.71. The van der Waals surface area contributed by atoms with Gasteiger partial charge in [0.15, 0.2) is 0 Å². The third-order valence-electron chi connectivity index (χ3n) is 7.71. The van der Waals surface area contributed by atoms with Gasteiger partial charge in [0.1, 0.15) is 5.75 Å². The van der Waals surface area contributed by atoms with E-state index in [1.165, 1.54) is 28.6 Å². The number of benzene rings is 2. The van der Waals surface area contributed by atoms with E-state index in [2.05, 4.69) is 46.7 Å². The van der Waals surface area contributed by atoms with Gasteiger partial charge in [0.05, 0.1) is 5.69 Å². The van der Waals surface area contributed by atoms with Crippen molar-refractivity contribution in [3.63, 3.8) is 0 Å². The molecule has 0 unspecified atom stereocenters. The Kier molecular flexibility index (Phi) is 7.33. The van der Waals surface area contributed by atoms with E-state index in [0.717, 1.165) is 53.8 Å². The number of aromatic nitrogens is 2. The first-order chi connectivity index (χ1) is 18.5. The largest absolute Gasteiger partial charge is 0.573 e. The Bertz CT molecular complexity index is 1500. The minimum Gasteiger partial charge on any atom is -0.406 e. The number of rotatable bonds is 6. The van der Waals surface area contributed by atoms with Crippen molar-refractivity contribution in [2.24, 2.45) is 7.05 Å². The molecule has 4 aromatic rings. The SMILES string of the molecule is Cc1cc(-c2[nH]c3ccc(C4CCN(Cc5ccc(OC(F)(F)F)cc5)CC4)cc3c2C(C)C)cn(C)c1=O. The molecule has 39 heavy (non-hydrogen) atoms. The summed E-state index contributed by atoms with van der Waals surface area (Å²) in [5.74, 6) is 0.558. The summed E-state index contributed by atoms with van der Waals surface area (Å²) >= 11 is 0. The zero-order valence-electron chi connectivity index (χ0n) is 22.7. The van der Waals surface area contributed by atoms with E-state index in [4.69, 9.17) is 0 Å². The van der Waals surface area contributed by atoms with Crippen LogP contribution in [-0.4, -0.2) is 33.9 Å². The van der Waals surface area contributed by atoms with Crippen LogP contribution in [-0.2, 0) is 13.6 Å². The molecule has 0 bridgehead atoms. The summed E-state index contributed by atoms with van der Waals surface area (Å²) < 4.78 is 42.9. The fraction of sp³-hybridized carbons (Fsp3) is 0.387. The molecule has 0 aliphatic carbocycles. The summed E-state index contributed by atoms with van der Waals surface area (Å²) in [5, 5.41) is 1.23. The summed E-state index contributed by atoms with van der Waals surface area (Å²) in [4.78, 5) is 18.2. The first-order valence-corrected chi connectivity index (χ1v) is 13.4. The van der Waals surface area contributed by atoms with Crippen LogP contribution < -0.4 is 10.3 Å². The van der Waals surface area contributed by atoms with Crippen molar-refractivity contribution in [1.82, 2.24) is 14.5 Å². The monoisotopic (exact) mass is 537 g/mol. The molecule has 0 spiro atoms. The zero-order valence-corrected chi connectivity index (χ0v) is 22.7. The van der Waals surface area contributed by atoms with E-state index in [9.17, 15) is 18.0 Å². The van der Waals surface area contributed by atoms with Crippen molar-refractivity contribution in [2.45, 2.75) is 58.4 Å². The van der Waals surface area contributed by atoms with Gasteiger partial charge in [0.2, 0.25) is 0 Å².